The third-order valence-corrected chi connectivity index (χ3v) is 3.65. The second kappa shape index (κ2) is 9.63. The zero-order valence-corrected chi connectivity index (χ0v) is 15.6. The largest absolute Gasteiger partial charge is 0.497 e. The van der Waals surface area contributed by atoms with Gasteiger partial charge in [0.05, 0.1) is 25.5 Å². The quantitative estimate of drug-likeness (QED) is 0.554. The highest BCUT2D eigenvalue weighted by atomic mass is 19.4. The first-order valence-corrected chi connectivity index (χ1v) is 8.27. The molecule has 0 saturated carbocycles. The number of alkyl halides is 3. The number of amides is 1. The number of hydrogen-bond donors (Lipinski definition) is 1. The molecule has 2 aromatic carbocycles. The summed E-state index contributed by atoms with van der Waals surface area (Å²) in [6.07, 6.45) is -2.37. The molecular formula is C20H18F3NO5. The summed E-state index contributed by atoms with van der Waals surface area (Å²) in [6, 6.07) is 9.19. The van der Waals surface area contributed by atoms with Gasteiger partial charge in [0.1, 0.15) is 11.5 Å². The van der Waals surface area contributed by atoms with Crippen LogP contribution in [0, 0.1) is 0 Å². The molecule has 9 heteroatoms. The highest BCUT2D eigenvalue weighted by Gasteiger charge is 2.30. The van der Waals surface area contributed by atoms with Crippen molar-refractivity contribution in [3.05, 3.63) is 59.7 Å². The summed E-state index contributed by atoms with van der Waals surface area (Å²) >= 11 is 0. The number of carbonyl (C=O) groups excluding carboxylic acids is 2. The van der Waals surface area contributed by atoms with Gasteiger partial charge in [0.2, 0.25) is 0 Å². The van der Waals surface area contributed by atoms with Gasteiger partial charge in [-0.1, -0.05) is 12.1 Å². The first kappa shape index (κ1) is 21.8. The van der Waals surface area contributed by atoms with Crippen molar-refractivity contribution in [3.63, 3.8) is 0 Å². The average molecular weight is 409 g/mol. The standard InChI is InChI=1S/C20H18F3NO5/c1-27-15-7-8-16(17(11-15)28-2)24-18(25)12-29-19(26)9-6-13-4-3-5-14(10-13)20(21,22)23/h3-11H,12H2,1-2H3,(H,24,25)/b9-6+. The van der Waals surface area contributed by atoms with Gasteiger partial charge in [0.25, 0.3) is 5.91 Å². The molecular weight excluding hydrogens is 391 g/mol. The Kier molecular flexibility index (Phi) is 7.24. The van der Waals surface area contributed by atoms with Gasteiger partial charge in [-0.05, 0) is 35.9 Å². The Morgan fingerprint density at radius 2 is 1.83 bits per heavy atom. The Labute approximate surface area is 164 Å². The van der Waals surface area contributed by atoms with Crippen LogP contribution in [-0.2, 0) is 20.5 Å². The summed E-state index contributed by atoms with van der Waals surface area (Å²) in [5.41, 5.74) is -0.307. The van der Waals surface area contributed by atoms with Crippen LogP contribution in [0.15, 0.2) is 48.5 Å². The van der Waals surface area contributed by atoms with Crippen LogP contribution in [0.1, 0.15) is 11.1 Å². The van der Waals surface area contributed by atoms with E-state index in [9.17, 15) is 22.8 Å². The van der Waals surface area contributed by atoms with E-state index in [1.807, 2.05) is 0 Å². The molecule has 0 saturated heterocycles. The summed E-state index contributed by atoms with van der Waals surface area (Å²) < 4.78 is 53.0. The average Bonchev–Trinajstić information content (AvgIpc) is 2.70. The minimum absolute atomic E-state index is 0.171. The molecule has 0 atom stereocenters. The Balaban J connectivity index is 1.91. The van der Waals surface area contributed by atoms with Crippen LogP contribution in [-0.4, -0.2) is 32.7 Å². The molecule has 2 rings (SSSR count). The van der Waals surface area contributed by atoms with Crippen molar-refractivity contribution in [2.24, 2.45) is 0 Å². The lowest BCUT2D eigenvalue weighted by Crippen LogP contribution is -2.20. The highest BCUT2D eigenvalue weighted by molar-refractivity contribution is 5.95. The van der Waals surface area contributed by atoms with E-state index in [1.165, 1.54) is 32.4 Å². The van der Waals surface area contributed by atoms with Gasteiger partial charge >= 0.3 is 12.1 Å². The number of nitrogens with one attached hydrogen (secondary N) is 1. The van der Waals surface area contributed by atoms with Gasteiger partial charge in [-0.25, -0.2) is 4.79 Å². The van der Waals surface area contributed by atoms with E-state index in [1.54, 1.807) is 18.2 Å². The number of rotatable bonds is 7. The zero-order chi connectivity index (χ0) is 21.4. The molecule has 0 aliphatic carbocycles. The SMILES string of the molecule is COc1ccc(NC(=O)COC(=O)/C=C/c2cccc(C(F)(F)F)c2)c(OC)c1. The topological polar surface area (TPSA) is 73.9 Å². The molecule has 0 aliphatic rings. The predicted molar refractivity (Wildman–Crippen MR) is 99.6 cm³/mol. The van der Waals surface area contributed by atoms with Crippen LogP contribution in [0.3, 0.4) is 0 Å². The predicted octanol–water partition coefficient (Wildman–Crippen LogP) is 3.92. The normalized spacial score (nSPS) is 11.2. The molecule has 0 heterocycles. The number of benzene rings is 2. The maximum Gasteiger partial charge on any atom is 0.416 e. The Bertz CT molecular complexity index is 909. The van der Waals surface area contributed by atoms with E-state index in [-0.39, 0.29) is 5.56 Å². The molecule has 1 amide bonds. The fourth-order valence-corrected chi connectivity index (χ4v) is 2.26. The maximum atomic E-state index is 12.7. The molecule has 0 bridgehead atoms. The monoisotopic (exact) mass is 409 g/mol. The van der Waals surface area contributed by atoms with E-state index >= 15 is 0 Å². The number of carbonyl (C=O) groups is 2. The molecule has 154 valence electrons. The fourth-order valence-electron chi connectivity index (χ4n) is 2.26. The van der Waals surface area contributed by atoms with Crippen molar-refractivity contribution in [3.8, 4) is 11.5 Å². The number of methoxy groups -OCH3 is 2. The maximum absolute atomic E-state index is 12.7. The molecule has 0 aliphatic heterocycles. The van der Waals surface area contributed by atoms with E-state index < -0.39 is 30.2 Å². The molecule has 6 nitrogen and oxygen atoms in total. The smallest absolute Gasteiger partial charge is 0.416 e. The lowest BCUT2D eigenvalue weighted by atomic mass is 10.1. The van der Waals surface area contributed by atoms with Crippen molar-refractivity contribution in [1.29, 1.82) is 0 Å². The van der Waals surface area contributed by atoms with Crippen molar-refractivity contribution in [2.45, 2.75) is 6.18 Å². The van der Waals surface area contributed by atoms with Gasteiger partial charge in [0, 0.05) is 12.1 Å². The number of hydrogen-bond acceptors (Lipinski definition) is 5. The summed E-state index contributed by atoms with van der Waals surface area (Å²) in [5, 5.41) is 2.52. The molecule has 29 heavy (non-hydrogen) atoms. The summed E-state index contributed by atoms with van der Waals surface area (Å²) in [4.78, 5) is 23.7. The lowest BCUT2D eigenvalue weighted by molar-refractivity contribution is -0.142. The van der Waals surface area contributed by atoms with E-state index in [4.69, 9.17) is 14.2 Å². The molecule has 2 aromatic rings. The van der Waals surface area contributed by atoms with Crippen molar-refractivity contribution in [2.75, 3.05) is 26.1 Å². The molecule has 0 fully saturated rings. The summed E-state index contributed by atoms with van der Waals surface area (Å²) in [7, 11) is 2.91. The number of anilines is 1. The van der Waals surface area contributed by atoms with Crippen LogP contribution in [0.2, 0.25) is 0 Å². The van der Waals surface area contributed by atoms with Gasteiger partial charge in [-0.2, -0.15) is 13.2 Å². The van der Waals surface area contributed by atoms with Crippen LogP contribution in [0.5, 0.6) is 11.5 Å². The molecule has 0 radical (unpaired) electrons. The Morgan fingerprint density at radius 3 is 2.48 bits per heavy atom. The number of halogens is 3. The molecule has 0 spiro atoms. The van der Waals surface area contributed by atoms with Crippen LogP contribution >= 0.6 is 0 Å². The molecule has 0 unspecified atom stereocenters. The molecule has 0 aromatic heterocycles. The third kappa shape index (κ3) is 6.56. The van der Waals surface area contributed by atoms with Gasteiger partial charge < -0.3 is 19.5 Å². The first-order chi connectivity index (χ1) is 13.7. The van der Waals surface area contributed by atoms with E-state index in [0.29, 0.717) is 17.2 Å². The fraction of sp³-hybridized carbons (Fsp3) is 0.200. The number of ether oxygens (including phenoxy) is 3. The Morgan fingerprint density at radius 1 is 1.07 bits per heavy atom. The van der Waals surface area contributed by atoms with Crippen molar-refractivity contribution >= 4 is 23.6 Å². The van der Waals surface area contributed by atoms with E-state index in [2.05, 4.69) is 5.32 Å². The zero-order valence-electron chi connectivity index (χ0n) is 15.6. The van der Waals surface area contributed by atoms with Crippen LogP contribution in [0.25, 0.3) is 6.08 Å². The third-order valence-electron chi connectivity index (χ3n) is 3.65. The minimum atomic E-state index is -4.48. The summed E-state index contributed by atoms with van der Waals surface area (Å²) in [5.74, 6) is -0.604. The van der Waals surface area contributed by atoms with Crippen LogP contribution < -0.4 is 14.8 Å². The second-order valence-electron chi connectivity index (χ2n) is 5.68. The Hall–Kier alpha value is -3.49. The minimum Gasteiger partial charge on any atom is -0.497 e. The van der Waals surface area contributed by atoms with E-state index in [0.717, 1.165) is 18.2 Å². The summed E-state index contributed by atoms with van der Waals surface area (Å²) in [6.45, 7) is -0.582. The van der Waals surface area contributed by atoms with Gasteiger partial charge in [-0.15, -0.1) is 0 Å². The number of esters is 1. The van der Waals surface area contributed by atoms with Crippen molar-refractivity contribution in [1.82, 2.24) is 0 Å². The first-order valence-electron chi connectivity index (χ1n) is 8.27. The van der Waals surface area contributed by atoms with Crippen LogP contribution in [0.4, 0.5) is 18.9 Å². The highest BCUT2D eigenvalue weighted by Crippen LogP contribution is 2.30. The second-order valence-corrected chi connectivity index (χ2v) is 5.68. The van der Waals surface area contributed by atoms with Gasteiger partial charge in [-0.3, -0.25) is 4.79 Å². The molecule has 1 N–H and O–H groups in total. The van der Waals surface area contributed by atoms with Gasteiger partial charge in [0.15, 0.2) is 6.61 Å². The van der Waals surface area contributed by atoms with Crippen molar-refractivity contribution < 1.29 is 37.0 Å². The lowest BCUT2D eigenvalue weighted by Gasteiger charge is -2.11.